The average molecular weight is 1740 g/mol. The molecule has 4 aliphatic heterocycles. The van der Waals surface area contributed by atoms with E-state index in [-0.39, 0.29) is 34.6 Å². The van der Waals surface area contributed by atoms with E-state index in [0.717, 1.165) is 227 Å². The van der Waals surface area contributed by atoms with Crippen molar-refractivity contribution in [2.24, 2.45) is 11.5 Å². The number of rotatable bonds is 22. The van der Waals surface area contributed by atoms with Crippen LogP contribution in [0.2, 0.25) is 15.1 Å². The first-order valence-corrected chi connectivity index (χ1v) is 45.0. The van der Waals surface area contributed by atoms with Crippen molar-refractivity contribution in [2.45, 2.75) is 159 Å². The Bertz CT molecular complexity index is 5880. The number of nitrogens with two attached hydrogens (primary N) is 2. The molecule has 0 aliphatic carbocycles. The highest BCUT2D eigenvalue weighted by molar-refractivity contribution is 6.32. The topological polar surface area (TPSA) is 176 Å². The highest BCUT2D eigenvalue weighted by Crippen LogP contribution is 2.39. The molecule has 0 saturated carbocycles. The Kier molecular flexibility index (Phi) is 29.6. The van der Waals surface area contributed by atoms with Crippen LogP contribution in [0.3, 0.4) is 0 Å². The van der Waals surface area contributed by atoms with Crippen LogP contribution in [0.1, 0.15) is 159 Å². The molecule has 0 unspecified atom stereocenters. The van der Waals surface area contributed by atoms with Gasteiger partial charge in [-0.2, -0.15) is 0 Å². The Balaban J connectivity index is 0.000000135. The molecule has 4 fully saturated rings. The number of aromatic nitrogens is 8. The van der Waals surface area contributed by atoms with Crippen LogP contribution in [0.4, 0.5) is 41.4 Å². The van der Waals surface area contributed by atoms with E-state index in [1.165, 1.54) is 44.6 Å². The molecule has 124 heavy (non-hydrogen) atoms. The summed E-state index contributed by atoms with van der Waals surface area (Å²) in [5.41, 5.74) is 36.9. The highest BCUT2D eigenvalue weighted by Gasteiger charge is 2.29. The maximum Gasteiger partial charge on any atom is 0.206 e. The van der Waals surface area contributed by atoms with Crippen molar-refractivity contribution in [3.8, 4) is 0 Å². The predicted molar refractivity (Wildman–Crippen MR) is 505 cm³/mol. The zero-order valence-electron chi connectivity index (χ0n) is 73.6. The zero-order valence-corrected chi connectivity index (χ0v) is 75.9. The lowest BCUT2D eigenvalue weighted by atomic mass is 9.97. The van der Waals surface area contributed by atoms with Gasteiger partial charge in [0.05, 0.1) is 87.4 Å². The fourth-order valence-corrected chi connectivity index (χ4v) is 18.8. The smallest absolute Gasteiger partial charge is 0.206 e. The first-order valence-electron chi connectivity index (χ1n) is 43.8. The van der Waals surface area contributed by atoms with E-state index < -0.39 is 5.82 Å². The standard InChI is InChI=1S/C28H32FN5.C24H29Cl2FN4.C24H30FN5.C23H28ClFN4/c1-18-13-23(26(30)22-7-5-4-6-8-22)27-24(14-18)34(28(32-27)33-11-9-31-10-12-33)17-21-15-19(2)25(29)20(3)16-21;1-3-29(4-2)16-18-13-19(25)14-22-23(18)28-24(30-10-6-5-7-11-30)31(22)15-17-8-9-21(27)20(26)12-17;1-5-20(26)19-10-15(2)11-21-23(19)28-24(29-8-6-27-7-9-29)30(21)14-18-12-16(3)22(25)17(4)13-18;1-15-9-17(10-16(2)21(15)25)14-29-20-12-19(24)11-18(13-26-3)22(20)27-23(29)28-7-5-4-6-8-28/h4-8,13-16,26,31H,9-12,17,30H2,1-3H3;8-9,12-14H,3-7,10-11,15-16H2,1-2H3;5,10-13,20,27H,1,6-9,14,26H2,2-4H3;9-12,26H,4-8,13-14H2,1-3H3/t26-;;20-;/m0.0./s1. The van der Waals surface area contributed by atoms with Gasteiger partial charge in [-0.1, -0.05) is 140 Å². The van der Waals surface area contributed by atoms with Crippen LogP contribution in [0.25, 0.3) is 44.1 Å². The normalized spacial score (nSPS) is 15.0. The lowest BCUT2D eigenvalue weighted by Crippen LogP contribution is -2.44. The van der Waals surface area contributed by atoms with Crippen LogP contribution >= 0.6 is 34.8 Å². The van der Waals surface area contributed by atoms with Crippen molar-refractivity contribution in [3.63, 3.8) is 0 Å². The summed E-state index contributed by atoms with van der Waals surface area (Å²) in [5, 5.41) is 11.6. The predicted octanol–water partition coefficient (Wildman–Crippen LogP) is 19.9. The molecule has 25 heteroatoms. The summed E-state index contributed by atoms with van der Waals surface area (Å²) in [4.78, 5) is 32.2. The van der Waals surface area contributed by atoms with Gasteiger partial charge >= 0.3 is 0 Å². The number of hydrogen-bond donors (Lipinski definition) is 5. The van der Waals surface area contributed by atoms with Crippen molar-refractivity contribution in [1.29, 1.82) is 0 Å². The van der Waals surface area contributed by atoms with Crippen molar-refractivity contribution >= 4 is 103 Å². The van der Waals surface area contributed by atoms with Crippen LogP contribution in [0.15, 0.2) is 146 Å². The molecule has 4 saturated heterocycles. The quantitative estimate of drug-likeness (QED) is 0.0320. The van der Waals surface area contributed by atoms with Crippen LogP contribution in [0.5, 0.6) is 0 Å². The second-order valence-electron chi connectivity index (χ2n) is 33.9. The molecular weight excluding hydrogens is 1620 g/mol. The Morgan fingerprint density at radius 3 is 1.22 bits per heavy atom. The number of halogens is 7. The molecule has 9 aromatic carbocycles. The van der Waals surface area contributed by atoms with Gasteiger partial charge in [-0.15, -0.1) is 6.58 Å². The number of nitrogens with zero attached hydrogens (tertiary/aromatic N) is 13. The summed E-state index contributed by atoms with van der Waals surface area (Å²) in [6, 6.07) is 42.8. The van der Waals surface area contributed by atoms with Gasteiger partial charge in [-0.05, 0) is 246 Å². The van der Waals surface area contributed by atoms with Crippen molar-refractivity contribution in [1.82, 2.24) is 59.1 Å². The van der Waals surface area contributed by atoms with Crippen molar-refractivity contribution in [2.75, 3.05) is 118 Å². The SMILES string of the molecule is C=C[C@H](N)c1cc(C)cc2c1nc(N1CCNCC1)n2Cc1cc(C)c(F)c(C)c1.CCN(CC)Cc1cc(Cl)cc2c1nc(N1CCCCC1)n2Cc1ccc(F)c(Cl)c1.CNCc1cc(Cl)cc2c1nc(N1CCCCC1)n2Cc1cc(C)c(F)c(C)c1.Cc1cc([C@@H](N)c2ccccc2)c2nc(N3CCNCC3)n(Cc3cc(C)c(F)c(C)c3)c2c1. The zero-order chi connectivity index (χ0) is 87.7. The molecule has 654 valence electrons. The first kappa shape index (κ1) is 90.4. The number of benzene rings is 9. The fourth-order valence-electron chi connectivity index (χ4n) is 18.1. The van der Waals surface area contributed by atoms with E-state index in [9.17, 15) is 17.6 Å². The largest absolute Gasteiger partial charge is 0.342 e. The number of anilines is 4. The summed E-state index contributed by atoms with van der Waals surface area (Å²) in [5.74, 6) is 3.04. The van der Waals surface area contributed by atoms with Gasteiger partial charge in [0.15, 0.2) is 0 Å². The molecule has 8 heterocycles. The Hall–Kier alpha value is -9.85. The highest BCUT2D eigenvalue weighted by atomic mass is 35.5. The second kappa shape index (κ2) is 40.6. The number of aryl methyl sites for hydroxylation is 8. The monoisotopic (exact) mass is 1740 g/mol. The molecule has 0 spiro atoms. The van der Waals surface area contributed by atoms with E-state index in [1.807, 2.05) is 127 Å². The molecule has 0 radical (unpaired) electrons. The third-order valence-corrected chi connectivity index (χ3v) is 25.2. The maximum absolute atomic E-state index is 14.3. The lowest BCUT2D eigenvalue weighted by molar-refractivity contribution is 0.297. The minimum atomic E-state index is -0.401. The fraction of sp³-hybridized carbons (Fsp3) is 0.394. The molecule has 18 nitrogen and oxygen atoms in total. The van der Waals surface area contributed by atoms with Gasteiger partial charge in [-0.25, -0.2) is 37.5 Å². The van der Waals surface area contributed by atoms with Crippen LogP contribution in [-0.2, 0) is 39.3 Å². The number of piperazine rings is 2. The number of imidazole rings is 4. The third-order valence-electron chi connectivity index (χ3n) is 24.4. The van der Waals surface area contributed by atoms with Gasteiger partial charge in [0.2, 0.25) is 23.8 Å². The van der Waals surface area contributed by atoms with Gasteiger partial charge in [0, 0.05) is 113 Å². The molecule has 17 rings (SSSR count). The first-order chi connectivity index (χ1) is 59.8. The summed E-state index contributed by atoms with van der Waals surface area (Å²) >= 11 is 19.1. The van der Waals surface area contributed by atoms with E-state index in [4.69, 9.17) is 66.2 Å². The number of hydrogen-bond acceptors (Lipinski definition) is 14. The van der Waals surface area contributed by atoms with E-state index in [2.05, 4.69) is 129 Å². The Labute approximate surface area is 742 Å². The number of nitrogens with one attached hydrogen (secondary N) is 3. The summed E-state index contributed by atoms with van der Waals surface area (Å²) < 4.78 is 65.4. The summed E-state index contributed by atoms with van der Waals surface area (Å²) in [6.45, 7) is 40.6. The van der Waals surface area contributed by atoms with Crippen LogP contribution in [0, 0.1) is 78.7 Å². The van der Waals surface area contributed by atoms with Crippen molar-refractivity contribution in [3.05, 3.63) is 279 Å². The van der Waals surface area contributed by atoms with Gasteiger partial charge < -0.3 is 65.3 Å². The lowest BCUT2D eigenvalue weighted by Gasteiger charge is -2.29. The van der Waals surface area contributed by atoms with Gasteiger partial charge in [0.1, 0.15) is 23.3 Å². The minimum Gasteiger partial charge on any atom is -0.342 e. The molecular formula is C99H119Cl3F4N18. The van der Waals surface area contributed by atoms with E-state index in [0.29, 0.717) is 76.1 Å². The Morgan fingerprint density at radius 1 is 0.444 bits per heavy atom. The maximum atomic E-state index is 14.3. The van der Waals surface area contributed by atoms with Gasteiger partial charge in [0.25, 0.3) is 0 Å². The van der Waals surface area contributed by atoms with Crippen molar-refractivity contribution < 1.29 is 17.6 Å². The molecule has 0 amide bonds. The molecule has 2 atom stereocenters. The second-order valence-corrected chi connectivity index (χ2v) is 35.2. The Morgan fingerprint density at radius 2 is 0.815 bits per heavy atom. The molecule has 13 aromatic rings. The van der Waals surface area contributed by atoms with E-state index in [1.54, 1.807) is 18.2 Å². The summed E-state index contributed by atoms with van der Waals surface area (Å²) in [6.07, 6.45) is 8.97. The minimum absolute atomic E-state index is 0.125. The molecule has 0 bridgehead atoms. The van der Waals surface area contributed by atoms with Crippen LogP contribution < -0.4 is 47.0 Å². The molecule has 4 aromatic heterocycles. The average Bonchev–Trinajstić information content (AvgIpc) is 1.63. The third kappa shape index (κ3) is 20.5. The molecule has 7 N–H and O–H groups in total. The number of piperidine rings is 2. The number of fused-ring (bicyclic) bond motifs is 4. The van der Waals surface area contributed by atoms with Crippen LogP contribution in [-0.4, -0.2) is 142 Å². The summed E-state index contributed by atoms with van der Waals surface area (Å²) in [7, 11) is 1.93. The molecule has 4 aliphatic rings. The van der Waals surface area contributed by atoms with Gasteiger partial charge in [-0.3, -0.25) is 4.90 Å². The van der Waals surface area contributed by atoms with E-state index >= 15 is 0 Å².